The van der Waals surface area contributed by atoms with Crippen molar-refractivity contribution in [1.82, 2.24) is 24.9 Å². The molecule has 0 fully saturated rings. The van der Waals surface area contributed by atoms with Crippen LogP contribution in [0.25, 0.3) is 33.3 Å². The van der Waals surface area contributed by atoms with Gasteiger partial charge >= 0.3 is 0 Å². The third-order valence-corrected chi connectivity index (χ3v) is 4.98. The fourth-order valence-corrected chi connectivity index (χ4v) is 3.53. The molecule has 6 nitrogen and oxygen atoms in total. The average Bonchev–Trinajstić information content (AvgIpc) is 3.22. The Morgan fingerprint density at radius 2 is 1.93 bits per heavy atom. The fourth-order valence-electron chi connectivity index (χ4n) is 3.31. The SMILES string of the molecule is Fc1ccccc1-c1nc2c(Cl)cccc2cc1CNc1ncnc2nc[nH]c12. The van der Waals surface area contributed by atoms with Gasteiger partial charge in [0.15, 0.2) is 11.5 Å². The first-order valence-electron chi connectivity index (χ1n) is 8.92. The van der Waals surface area contributed by atoms with Gasteiger partial charge in [0.25, 0.3) is 0 Å². The zero-order valence-corrected chi connectivity index (χ0v) is 15.8. The zero-order chi connectivity index (χ0) is 19.8. The van der Waals surface area contributed by atoms with E-state index in [0.717, 1.165) is 10.9 Å². The number of fused-ring (bicyclic) bond motifs is 2. The van der Waals surface area contributed by atoms with Crippen LogP contribution >= 0.6 is 11.6 Å². The van der Waals surface area contributed by atoms with Gasteiger partial charge in [-0.1, -0.05) is 35.9 Å². The van der Waals surface area contributed by atoms with Gasteiger partial charge in [-0.3, -0.25) is 0 Å². The van der Waals surface area contributed by atoms with Crippen LogP contribution in [0.2, 0.25) is 5.02 Å². The molecule has 0 atom stereocenters. The summed E-state index contributed by atoms with van der Waals surface area (Å²) in [6.45, 7) is 0.379. The Morgan fingerprint density at radius 3 is 2.83 bits per heavy atom. The highest BCUT2D eigenvalue weighted by molar-refractivity contribution is 6.35. The minimum atomic E-state index is -0.342. The number of pyridine rings is 1. The summed E-state index contributed by atoms with van der Waals surface area (Å²) in [5.41, 5.74) is 3.67. The van der Waals surface area contributed by atoms with Crippen molar-refractivity contribution in [3.05, 3.63) is 77.6 Å². The van der Waals surface area contributed by atoms with Crippen molar-refractivity contribution in [2.45, 2.75) is 6.54 Å². The molecule has 5 aromatic rings. The molecule has 0 aliphatic rings. The molecule has 0 aliphatic carbocycles. The van der Waals surface area contributed by atoms with E-state index in [1.165, 1.54) is 12.4 Å². The number of hydrogen-bond acceptors (Lipinski definition) is 5. The standard InChI is InChI=1S/C21H14ClFN6/c22-15-6-3-4-12-8-13(9-24-20-19-21(26-10-25-19)28-11-27-20)17(29-18(12)15)14-5-1-2-7-16(14)23/h1-8,10-11H,9H2,(H2,24,25,26,27,28). The summed E-state index contributed by atoms with van der Waals surface area (Å²) in [7, 11) is 0. The summed E-state index contributed by atoms with van der Waals surface area (Å²) in [6.07, 6.45) is 3.01. The number of H-pyrrole nitrogens is 1. The first kappa shape index (κ1) is 17.5. The van der Waals surface area contributed by atoms with Crippen LogP contribution in [0.4, 0.5) is 10.2 Å². The van der Waals surface area contributed by atoms with Crippen molar-refractivity contribution in [1.29, 1.82) is 0 Å². The molecule has 0 spiro atoms. The number of imidazole rings is 1. The Hall–Kier alpha value is -3.58. The summed E-state index contributed by atoms with van der Waals surface area (Å²) in [5, 5.41) is 4.68. The third-order valence-electron chi connectivity index (χ3n) is 4.67. The number of para-hydroxylation sites is 1. The second-order valence-electron chi connectivity index (χ2n) is 6.46. The molecule has 0 amide bonds. The van der Waals surface area contributed by atoms with Gasteiger partial charge in [0.2, 0.25) is 0 Å². The molecule has 0 saturated carbocycles. The second kappa shape index (κ2) is 7.10. The Kier molecular flexibility index (Phi) is 4.29. The molecule has 0 saturated heterocycles. The number of nitrogens with one attached hydrogen (secondary N) is 2. The lowest BCUT2D eigenvalue weighted by molar-refractivity contribution is 0.630. The van der Waals surface area contributed by atoms with Crippen LogP contribution < -0.4 is 5.32 Å². The minimum absolute atomic E-state index is 0.342. The zero-order valence-electron chi connectivity index (χ0n) is 15.0. The smallest absolute Gasteiger partial charge is 0.182 e. The summed E-state index contributed by atoms with van der Waals surface area (Å²) < 4.78 is 14.6. The quantitative estimate of drug-likeness (QED) is 0.442. The molecule has 0 aliphatic heterocycles. The maximum Gasteiger partial charge on any atom is 0.182 e. The predicted molar refractivity (Wildman–Crippen MR) is 111 cm³/mol. The highest BCUT2D eigenvalue weighted by atomic mass is 35.5. The number of rotatable bonds is 4. The molecule has 3 heterocycles. The lowest BCUT2D eigenvalue weighted by Crippen LogP contribution is -2.06. The van der Waals surface area contributed by atoms with Crippen LogP contribution in [0.1, 0.15) is 5.56 Å². The average molecular weight is 405 g/mol. The lowest BCUT2D eigenvalue weighted by atomic mass is 10.0. The maximum absolute atomic E-state index is 14.6. The molecule has 29 heavy (non-hydrogen) atoms. The number of hydrogen-bond donors (Lipinski definition) is 2. The van der Waals surface area contributed by atoms with Gasteiger partial charge in [-0.05, 0) is 29.8 Å². The summed E-state index contributed by atoms with van der Waals surface area (Å²) >= 11 is 6.33. The summed E-state index contributed by atoms with van der Waals surface area (Å²) in [4.78, 5) is 20.3. The van der Waals surface area contributed by atoms with Gasteiger partial charge in [-0.25, -0.2) is 24.3 Å². The van der Waals surface area contributed by atoms with Crippen molar-refractivity contribution in [3.8, 4) is 11.3 Å². The van der Waals surface area contributed by atoms with E-state index in [9.17, 15) is 4.39 Å². The number of anilines is 1. The third kappa shape index (κ3) is 3.15. The van der Waals surface area contributed by atoms with Crippen LogP contribution in [0, 0.1) is 5.82 Å². The van der Waals surface area contributed by atoms with E-state index in [2.05, 4.69) is 25.3 Å². The van der Waals surface area contributed by atoms with Crippen molar-refractivity contribution in [2.75, 3.05) is 5.32 Å². The predicted octanol–water partition coefficient (Wildman–Crippen LogP) is 4.97. The van der Waals surface area contributed by atoms with E-state index < -0.39 is 0 Å². The first-order chi connectivity index (χ1) is 14.2. The molecule has 8 heteroatoms. The number of nitrogens with zero attached hydrogens (tertiary/aromatic N) is 4. The van der Waals surface area contributed by atoms with E-state index in [0.29, 0.717) is 45.3 Å². The largest absolute Gasteiger partial charge is 0.364 e. The monoisotopic (exact) mass is 404 g/mol. The van der Waals surface area contributed by atoms with Crippen molar-refractivity contribution < 1.29 is 4.39 Å². The summed E-state index contributed by atoms with van der Waals surface area (Å²) in [5.74, 6) is 0.267. The summed E-state index contributed by atoms with van der Waals surface area (Å²) in [6, 6.07) is 14.1. The lowest BCUT2D eigenvalue weighted by Gasteiger charge is -2.14. The highest BCUT2D eigenvalue weighted by Crippen LogP contribution is 2.31. The van der Waals surface area contributed by atoms with Gasteiger partial charge in [-0.2, -0.15) is 0 Å². The molecule has 0 unspecified atom stereocenters. The van der Waals surface area contributed by atoms with E-state index in [-0.39, 0.29) is 5.82 Å². The molecule has 5 rings (SSSR count). The van der Waals surface area contributed by atoms with Crippen LogP contribution in [-0.4, -0.2) is 24.9 Å². The van der Waals surface area contributed by atoms with Gasteiger partial charge in [-0.15, -0.1) is 0 Å². The van der Waals surface area contributed by atoms with Crippen molar-refractivity contribution >= 4 is 39.5 Å². The topological polar surface area (TPSA) is 79.4 Å². The molecule has 2 N–H and O–H groups in total. The Balaban J connectivity index is 1.63. The number of halogens is 2. The molecule has 142 valence electrons. The van der Waals surface area contributed by atoms with Crippen LogP contribution in [0.3, 0.4) is 0 Å². The van der Waals surface area contributed by atoms with Crippen molar-refractivity contribution in [3.63, 3.8) is 0 Å². The van der Waals surface area contributed by atoms with Crippen LogP contribution in [0.5, 0.6) is 0 Å². The Labute approximate surface area is 169 Å². The number of benzene rings is 2. The minimum Gasteiger partial charge on any atom is -0.364 e. The fraction of sp³-hybridized carbons (Fsp3) is 0.0476. The normalized spacial score (nSPS) is 11.2. The second-order valence-corrected chi connectivity index (χ2v) is 6.87. The molecule has 3 aromatic heterocycles. The van der Waals surface area contributed by atoms with Crippen molar-refractivity contribution in [2.24, 2.45) is 0 Å². The van der Waals surface area contributed by atoms with Gasteiger partial charge in [0, 0.05) is 17.5 Å². The van der Waals surface area contributed by atoms with Gasteiger partial charge < -0.3 is 10.3 Å². The van der Waals surface area contributed by atoms with Gasteiger partial charge in [0.05, 0.1) is 22.6 Å². The van der Waals surface area contributed by atoms with E-state index in [4.69, 9.17) is 16.6 Å². The molecule has 0 bridgehead atoms. The van der Waals surface area contributed by atoms with E-state index in [1.54, 1.807) is 30.6 Å². The maximum atomic E-state index is 14.6. The number of aromatic nitrogens is 5. The number of aromatic amines is 1. The first-order valence-corrected chi connectivity index (χ1v) is 9.29. The molecule has 0 radical (unpaired) electrons. The highest BCUT2D eigenvalue weighted by Gasteiger charge is 2.15. The Bertz CT molecular complexity index is 1350. The van der Waals surface area contributed by atoms with Crippen LogP contribution in [0.15, 0.2) is 61.2 Å². The van der Waals surface area contributed by atoms with Gasteiger partial charge in [0.1, 0.15) is 17.7 Å². The molecule has 2 aromatic carbocycles. The molecular formula is C21H14ClFN6. The molecular weight excluding hydrogens is 391 g/mol. The van der Waals surface area contributed by atoms with Crippen LogP contribution in [-0.2, 0) is 6.54 Å². The van der Waals surface area contributed by atoms with E-state index >= 15 is 0 Å². The Morgan fingerprint density at radius 1 is 1.03 bits per heavy atom. The van der Waals surface area contributed by atoms with E-state index in [1.807, 2.05) is 18.2 Å².